The van der Waals surface area contributed by atoms with E-state index >= 15 is 0 Å². The van der Waals surface area contributed by atoms with E-state index in [2.05, 4.69) is 35.1 Å². The smallest absolute Gasteiger partial charge is 0.161 e. The van der Waals surface area contributed by atoms with Gasteiger partial charge in [0, 0.05) is 12.1 Å². The second kappa shape index (κ2) is 7.04. The number of anilines is 1. The first kappa shape index (κ1) is 15.4. The van der Waals surface area contributed by atoms with Crippen molar-refractivity contribution in [3.05, 3.63) is 28.0 Å². The van der Waals surface area contributed by atoms with Crippen molar-refractivity contribution in [1.29, 1.82) is 0 Å². The van der Waals surface area contributed by atoms with Crippen LogP contribution in [0.2, 0.25) is 0 Å². The Bertz CT molecular complexity index is 435. The molecule has 0 amide bonds. The fourth-order valence-electron chi connectivity index (χ4n) is 1.61. The minimum atomic E-state index is -0.343. The number of nitrogens with two attached hydrogens (primary N) is 1. The van der Waals surface area contributed by atoms with Gasteiger partial charge in [-0.25, -0.2) is 4.39 Å². The molecule has 0 aromatic heterocycles. The van der Waals surface area contributed by atoms with Crippen LogP contribution in [-0.2, 0) is 0 Å². The van der Waals surface area contributed by atoms with Gasteiger partial charge in [-0.05, 0) is 46.8 Å². The lowest BCUT2D eigenvalue weighted by Crippen LogP contribution is -2.12. The molecule has 0 spiro atoms. The Kier molecular flexibility index (Phi) is 6.02. The second-order valence-electron chi connectivity index (χ2n) is 4.62. The zero-order chi connectivity index (χ0) is 13.7. The lowest BCUT2D eigenvalue weighted by atomic mass is 10.1. The highest BCUT2D eigenvalue weighted by Gasteiger charge is 2.12. The summed E-state index contributed by atoms with van der Waals surface area (Å²) in [6.07, 6.45) is 2.15. The molecule has 0 fully saturated rings. The summed E-state index contributed by atoms with van der Waals surface area (Å²) in [5, 5.41) is 3.09. The molecule has 0 saturated heterocycles. The molecule has 100 valence electrons. The maximum atomic E-state index is 14.0. The van der Waals surface area contributed by atoms with Crippen LogP contribution < -0.4 is 11.1 Å². The van der Waals surface area contributed by atoms with E-state index in [0.717, 1.165) is 19.4 Å². The summed E-state index contributed by atoms with van der Waals surface area (Å²) < 4.78 is 14.3. The Morgan fingerprint density at radius 3 is 2.72 bits per heavy atom. The summed E-state index contributed by atoms with van der Waals surface area (Å²) >= 11 is 8.03. The van der Waals surface area contributed by atoms with E-state index in [1.54, 1.807) is 12.1 Å². The van der Waals surface area contributed by atoms with Crippen molar-refractivity contribution in [2.45, 2.75) is 26.7 Å². The van der Waals surface area contributed by atoms with Gasteiger partial charge in [-0.1, -0.05) is 26.1 Å². The first-order valence-corrected chi connectivity index (χ1v) is 7.15. The SMILES string of the molecule is CC(C)CCCNc1ccc(C(N)=S)c(Br)c1F. The largest absolute Gasteiger partial charge is 0.389 e. The van der Waals surface area contributed by atoms with E-state index < -0.39 is 0 Å². The molecule has 0 heterocycles. The minimum absolute atomic E-state index is 0.187. The molecule has 0 atom stereocenters. The fourth-order valence-corrected chi connectivity index (χ4v) is 2.47. The Labute approximate surface area is 121 Å². The van der Waals surface area contributed by atoms with Gasteiger partial charge in [0.1, 0.15) is 4.99 Å². The molecular weight excluding hydrogens is 315 g/mol. The summed E-state index contributed by atoms with van der Waals surface area (Å²) in [6, 6.07) is 3.39. The molecule has 1 rings (SSSR count). The average Bonchev–Trinajstić information content (AvgIpc) is 2.29. The van der Waals surface area contributed by atoms with Gasteiger partial charge in [0.15, 0.2) is 5.82 Å². The maximum absolute atomic E-state index is 14.0. The van der Waals surface area contributed by atoms with E-state index in [9.17, 15) is 4.39 Å². The first-order valence-electron chi connectivity index (χ1n) is 5.95. The van der Waals surface area contributed by atoms with Crippen LogP contribution >= 0.6 is 28.1 Å². The molecule has 2 nitrogen and oxygen atoms in total. The molecule has 1 aromatic rings. The highest BCUT2D eigenvalue weighted by atomic mass is 79.9. The van der Waals surface area contributed by atoms with Gasteiger partial charge >= 0.3 is 0 Å². The number of halogens is 2. The van der Waals surface area contributed by atoms with Crippen LogP contribution in [0.1, 0.15) is 32.3 Å². The first-order chi connectivity index (χ1) is 8.43. The highest BCUT2D eigenvalue weighted by molar-refractivity contribution is 9.10. The second-order valence-corrected chi connectivity index (χ2v) is 5.85. The molecule has 0 radical (unpaired) electrons. The highest BCUT2D eigenvalue weighted by Crippen LogP contribution is 2.27. The summed E-state index contributed by atoms with van der Waals surface area (Å²) in [4.78, 5) is 0.187. The molecule has 0 aliphatic carbocycles. The van der Waals surface area contributed by atoms with Crippen molar-refractivity contribution in [3.63, 3.8) is 0 Å². The quantitative estimate of drug-likeness (QED) is 0.609. The van der Waals surface area contributed by atoms with Crippen LogP contribution in [0.25, 0.3) is 0 Å². The van der Waals surface area contributed by atoms with Crippen molar-refractivity contribution in [2.24, 2.45) is 11.7 Å². The summed E-state index contributed by atoms with van der Waals surface area (Å²) in [6.45, 7) is 5.11. The molecule has 3 N–H and O–H groups in total. The third-order valence-corrected chi connectivity index (χ3v) is 3.62. The van der Waals surface area contributed by atoms with Gasteiger partial charge < -0.3 is 11.1 Å². The van der Waals surface area contributed by atoms with Crippen molar-refractivity contribution in [1.82, 2.24) is 0 Å². The fraction of sp³-hybridized carbons (Fsp3) is 0.462. The van der Waals surface area contributed by atoms with E-state index in [-0.39, 0.29) is 10.8 Å². The molecule has 18 heavy (non-hydrogen) atoms. The molecule has 0 unspecified atom stereocenters. The number of hydrogen-bond donors (Lipinski definition) is 2. The van der Waals surface area contributed by atoms with Crippen LogP contribution in [0.15, 0.2) is 16.6 Å². The van der Waals surface area contributed by atoms with Gasteiger partial charge in [0.2, 0.25) is 0 Å². The third kappa shape index (κ3) is 4.21. The minimum Gasteiger partial charge on any atom is -0.389 e. The Morgan fingerprint density at radius 2 is 2.17 bits per heavy atom. The number of benzene rings is 1. The lowest BCUT2D eigenvalue weighted by Gasteiger charge is -2.11. The number of rotatable bonds is 6. The predicted molar refractivity (Wildman–Crippen MR) is 82.5 cm³/mol. The van der Waals surface area contributed by atoms with E-state index in [0.29, 0.717) is 21.6 Å². The topological polar surface area (TPSA) is 38.0 Å². The Hall–Kier alpha value is -0.680. The molecule has 0 bridgehead atoms. The van der Waals surface area contributed by atoms with Crippen molar-refractivity contribution in [2.75, 3.05) is 11.9 Å². The predicted octanol–water partition coefficient (Wildman–Crippen LogP) is 4.07. The van der Waals surface area contributed by atoms with Gasteiger partial charge in [-0.2, -0.15) is 0 Å². The number of thiocarbonyl (C=S) groups is 1. The van der Waals surface area contributed by atoms with E-state index in [4.69, 9.17) is 18.0 Å². The molecule has 1 aromatic carbocycles. The van der Waals surface area contributed by atoms with E-state index in [1.807, 2.05) is 0 Å². The Morgan fingerprint density at radius 1 is 1.50 bits per heavy atom. The standard InChI is InChI=1S/C13H18BrFN2S/c1-8(2)4-3-7-17-10-6-5-9(13(16)18)11(14)12(10)15/h5-6,8,17H,3-4,7H2,1-2H3,(H2,16,18). The van der Waals surface area contributed by atoms with Crippen LogP contribution in [0.5, 0.6) is 0 Å². The monoisotopic (exact) mass is 332 g/mol. The van der Waals surface area contributed by atoms with Gasteiger partial charge in [-0.3, -0.25) is 0 Å². The molecule has 5 heteroatoms. The zero-order valence-electron chi connectivity index (χ0n) is 10.6. The van der Waals surface area contributed by atoms with Crippen LogP contribution in [-0.4, -0.2) is 11.5 Å². The van der Waals surface area contributed by atoms with Crippen LogP contribution in [0, 0.1) is 11.7 Å². The van der Waals surface area contributed by atoms with Crippen molar-refractivity contribution in [3.8, 4) is 0 Å². The van der Waals surface area contributed by atoms with Crippen LogP contribution in [0.3, 0.4) is 0 Å². The summed E-state index contributed by atoms with van der Waals surface area (Å²) in [5.41, 5.74) is 6.50. The molecule has 0 aliphatic heterocycles. The molecule has 0 aliphatic rings. The van der Waals surface area contributed by atoms with Gasteiger partial charge in [0.25, 0.3) is 0 Å². The average molecular weight is 333 g/mol. The number of nitrogens with one attached hydrogen (secondary N) is 1. The van der Waals surface area contributed by atoms with Gasteiger partial charge in [-0.15, -0.1) is 0 Å². The summed E-state index contributed by atoms with van der Waals surface area (Å²) in [7, 11) is 0. The van der Waals surface area contributed by atoms with Gasteiger partial charge in [0.05, 0.1) is 10.2 Å². The normalized spacial score (nSPS) is 10.7. The molecule has 0 saturated carbocycles. The third-order valence-electron chi connectivity index (χ3n) is 2.62. The summed E-state index contributed by atoms with van der Waals surface area (Å²) in [5.74, 6) is 0.324. The molecular formula is C13H18BrFN2S. The number of hydrogen-bond acceptors (Lipinski definition) is 2. The maximum Gasteiger partial charge on any atom is 0.161 e. The Balaban J connectivity index is 2.68. The van der Waals surface area contributed by atoms with Crippen molar-refractivity contribution >= 4 is 38.8 Å². The zero-order valence-corrected chi connectivity index (χ0v) is 13.0. The van der Waals surface area contributed by atoms with E-state index in [1.165, 1.54) is 0 Å². The van der Waals surface area contributed by atoms with Crippen molar-refractivity contribution < 1.29 is 4.39 Å². The van der Waals surface area contributed by atoms with Crippen LogP contribution in [0.4, 0.5) is 10.1 Å². The lowest BCUT2D eigenvalue weighted by molar-refractivity contribution is 0.565.